The van der Waals surface area contributed by atoms with E-state index in [2.05, 4.69) is 0 Å². The van der Waals surface area contributed by atoms with Gasteiger partial charge in [0, 0.05) is 12.2 Å². The van der Waals surface area contributed by atoms with Crippen LogP contribution in [0.4, 0.5) is 26.3 Å². The predicted octanol–water partition coefficient (Wildman–Crippen LogP) is 3.58. The molecule has 0 spiro atoms. The first-order valence-electron chi connectivity index (χ1n) is 4.37. The number of rotatable bonds is 5. The second-order valence-corrected chi connectivity index (χ2v) is 4.10. The van der Waals surface area contributed by atoms with Gasteiger partial charge in [0.05, 0.1) is 0 Å². The van der Waals surface area contributed by atoms with Gasteiger partial charge >= 0.3 is 12.1 Å². The molecule has 0 saturated carbocycles. The van der Waals surface area contributed by atoms with E-state index in [1.807, 2.05) is 0 Å². The van der Waals surface area contributed by atoms with E-state index in [4.69, 9.17) is 0 Å². The largest absolute Gasteiger partial charge is 0.456 e. The highest BCUT2D eigenvalue weighted by atomic mass is 32.2. The first-order chi connectivity index (χ1) is 7.13. The van der Waals surface area contributed by atoms with E-state index in [-0.39, 0.29) is 17.3 Å². The minimum atomic E-state index is -5.90. The van der Waals surface area contributed by atoms with E-state index in [1.54, 1.807) is 0 Å². The molecule has 0 bridgehead atoms. The fraction of sp³-hybridized carbons (Fsp3) is 0.875. The predicted molar refractivity (Wildman–Crippen MR) is 48.3 cm³/mol. The minimum absolute atomic E-state index is 0.122. The molecule has 0 aromatic carbocycles. The van der Waals surface area contributed by atoms with Crippen LogP contribution in [0, 0.1) is 0 Å². The van der Waals surface area contributed by atoms with E-state index in [0.29, 0.717) is 11.8 Å². The number of hydrogen-bond acceptors (Lipinski definition) is 2. The smallest absolute Gasteiger partial charge is 0.287 e. The Kier molecular flexibility index (Phi) is 5.64. The van der Waals surface area contributed by atoms with Crippen LogP contribution in [-0.4, -0.2) is 29.1 Å². The van der Waals surface area contributed by atoms with E-state index < -0.39 is 24.7 Å². The summed E-state index contributed by atoms with van der Waals surface area (Å²) in [7, 11) is 0. The summed E-state index contributed by atoms with van der Waals surface area (Å²) in [4.78, 5) is 10.7. The van der Waals surface area contributed by atoms with Crippen LogP contribution in [0.2, 0.25) is 0 Å². The highest BCUT2D eigenvalue weighted by Gasteiger charge is 2.62. The molecule has 1 unspecified atom stereocenters. The Labute approximate surface area is 92.6 Å². The highest BCUT2D eigenvalue weighted by Crippen LogP contribution is 2.40. The van der Waals surface area contributed by atoms with Gasteiger partial charge in [0.15, 0.2) is 11.3 Å². The maximum atomic E-state index is 12.6. The van der Waals surface area contributed by atoms with Crippen LogP contribution in [0.25, 0.3) is 0 Å². The van der Waals surface area contributed by atoms with Gasteiger partial charge in [-0.3, -0.25) is 4.79 Å². The Hall–Kier alpha value is -0.400. The normalized spacial score (nSPS) is 14.9. The molecule has 0 aromatic rings. The Balaban J connectivity index is 4.16. The lowest BCUT2D eigenvalue weighted by Crippen LogP contribution is -2.45. The Morgan fingerprint density at radius 1 is 1.25 bits per heavy atom. The number of halogens is 6. The van der Waals surface area contributed by atoms with Gasteiger partial charge in [0.2, 0.25) is 0 Å². The zero-order chi connectivity index (χ0) is 13.0. The fourth-order valence-corrected chi connectivity index (χ4v) is 1.49. The van der Waals surface area contributed by atoms with Crippen LogP contribution in [-0.2, 0) is 4.79 Å². The molecule has 0 heterocycles. The standard InChI is InChI=1S/C8H10F6OS/c1-2-6(15)16-4-3-5(9)7(10,11)8(12,13)14/h5H,2-4H2,1H3. The van der Waals surface area contributed by atoms with Gasteiger partial charge in [-0.25, -0.2) is 4.39 Å². The monoisotopic (exact) mass is 268 g/mol. The Morgan fingerprint density at radius 3 is 2.12 bits per heavy atom. The number of carbonyl (C=O) groups excluding carboxylic acids is 1. The SMILES string of the molecule is CCC(=O)SCCC(F)C(F)(F)C(F)(F)F. The van der Waals surface area contributed by atoms with Crippen LogP contribution < -0.4 is 0 Å². The lowest BCUT2D eigenvalue weighted by molar-refractivity contribution is -0.303. The van der Waals surface area contributed by atoms with Gasteiger partial charge in [-0.1, -0.05) is 18.7 Å². The van der Waals surface area contributed by atoms with Crippen molar-refractivity contribution in [3.8, 4) is 0 Å². The second-order valence-electron chi connectivity index (χ2n) is 2.95. The summed E-state index contributed by atoms with van der Waals surface area (Å²) in [6.07, 6.45) is -10.1. The van der Waals surface area contributed by atoms with Crippen molar-refractivity contribution in [1.29, 1.82) is 0 Å². The summed E-state index contributed by atoms with van der Waals surface area (Å²) in [5, 5.41) is -0.373. The van der Waals surface area contributed by atoms with Gasteiger partial charge in [0.25, 0.3) is 0 Å². The molecule has 96 valence electrons. The van der Waals surface area contributed by atoms with E-state index in [0.717, 1.165) is 0 Å². The van der Waals surface area contributed by atoms with Gasteiger partial charge in [-0.2, -0.15) is 22.0 Å². The molecule has 0 amide bonds. The van der Waals surface area contributed by atoms with Crippen LogP contribution in [0.3, 0.4) is 0 Å². The highest BCUT2D eigenvalue weighted by molar-refractivity contribution is 8.13. The molecular weight excluding hydrogens is 258 g/mol. The molecule has 8 heteroatoms. The molecule has 0 aliphatic carbocycles. The summed E-state index contributed by atoms with van der Waals surface area (Å²) in [5.74, 6) is -5.75. The third-order valence-electron chi connectivity index (χ3n) is 1.69. The zero-order valence-electron chi connectivity index (χ0n) is 8.28. The van der Waals surface area contributed by atoms with Crippen LogP contribution in [0.15, 0.2) is 0 Å². The van der Waals surface area contributed by atoms with E-state index in [1.165, 1.54) is 6.92 Å². The first kappa shape index (κ1) is 15.6. The van der Waals surface area contributed by atoms with Crippen LogP contribution in [0.1, 0.15) is 19.8 Å². The molecule has 0 aliphatic heterocycles. The maximum absolute atomic E-state index is 12.6. The van der Waals surface area contributed by atoms with Crippen molar-refractivity contribution < 1.29 is 31.1 Å². The van der Waals surface area contributed by atoms with Crippen molar-refractivity contribution in [2.75, 3.05) is 5.75 Å². The zero-order valence-corrected chi connectivity index (χ0v) is 9.10. The average Bonchev–Trinajstić information content (AvgIpc) is 2.15. The number of thioether (sulfide) groups is 1. The van der Waals surface area contributed by atoms with Crippen molar-refractivity contribution in [2.24, 2.45) is 0 Å². The molecule has 1 nitrogen and oxygen atoms in total. The lowest BCUT2D eigenvalue weighted by atomic mass is 10.1. The Morgan fingerprint density at radius 2 is 1.75 bits per heavy atom. The minimum Gasteiger partial charge on any atom is -0.287 e. The maximum Gasteiger partial charge on any atom is 0.456 e. The van der Waals surface area contributed by atoms with Crippen molar-refractivity contribution >= 4 is 16.9 Å². The topological polar surface area (TPSA) is 17.1 Å². The summed E-state index contributed by atoms with van der Waals surface area (Å²) >= 11 is 0.552. The number of alkyl halides is 6. The van der Waals surface area contributed by atoms with Gasteiger partial charge in [0.1, 0.15) is 0 Å². The molecule has 0 aliphatic rings. The number of hydrogen-bond donors (Lipinski definition) is 0. The van der Waals surface area contributed by atoms with Crippen molar-refractivity contribution in [3.63, 3.8) is 0 Å². The lowest BCUT2D eigenvalue weighted by Gasteiger charge is -2.22. The molecule has 0 aromatic heterocycles. The first-order valence-corrected chi connectivity index (χ1v) is 5.35. The molecule has 0 saturated heterocycles. The molecule has 16 heavy (non-hydrogen) atoms. The molecule has 0 N–H and O–H groups in total. The third-order valence-corrected chi connectivity index (χ3v) is 2.74. The van der Waals surface area contributed by atoms with E-state index in [9.17, 15) is 31.1 Å². The number of carbonyl (C=O) groups is 1. The quantitative estimate of drug-likeness (QED) is 0.709. The van der Waals surface area contributed by atoms with E-state index >= 15 is 0 Å². The van der Waals surface area contributed by atoms with Gasteiger partial charge < -0.3 is 0 Å². The third kappa shape index (κ3) is 4.23. The molecule has 0 rings (SSSR count). The molecule has 1 atom stereocenters. The summed E-state index contributed by atoms with van der Waals surface area (Å²) in [5.41, 5.74) is 0. The van der Waals surface area contributed by atoms with Gasteiger partial charge in [-0.05, 0) is 6.42 Å². The molecule has 0 radical (unpaired) electrons. The fourth-order valence-electron chi connectivity index (χ4n) is 0.737. The van der Waals surface area contributed by atoms with Crippen LogP contribution >= 0.6 is 11.8 Å². The molecular formula is C8H10F6OS. The summed E-state index contributed by atoms with van der Waals surface area (Å²) in [6, 6.07) is 0. The van der Waals surface area contributed by atoms with Crippen molar-refractivity contribution in [2.45, 2.75) is 38.0 Å². The van der Waals surface area contributed by atoms with Gasteiger partial charge in [-0.15, -0.1) is 0 Å². The summed E-state index contributed by atoms with van der Waals surface area (Å²) < 4.78 is 72.3. The Bertz CT molecular complexity index is 239. The van der Waals surface area contributed by atoms with Crippen molar-refractivity contribution in [1.82, 2.24) is 0 Å². The van der Waals surface area contributed by atoms with Crippen molar-refractivity contribution in [3.05, 3.63) is 0 Å². The second kappa shape index (κ2) is 5.79. The molecule has 0 fully saturated rings. The summed E-state index contributed by atoms with van der Waals surface area (Å²) in [6.45, 7) is 1.51. The average molecular weight is 268 g/mol. The van der Waals surface area contributed by atoms with Crippen LogP contribution in [0.5, 0.6) is 0 Å².